The molecule has 0 aromatic rings. The summed E-state index contributed by atoms with van der Waals surface area (Å²) in [6.07, 6.45) is 54.6. The van der Waals surface area contributed by atoms with Gasteiger partial charge < -0.3 is 20.3 Å². The van der Waals surface area contributed by atoms with Gasteiger partial charge in [0.15, 0.2) is 0 Å². The minimum atomic E-state index is -0.799. The van der Waals surface area contributed by atoms with Crippen LogP contribution in [0.4, 0.5) is 0 Å². The van der Waals surface area contributed by atoms with Crippen LogP contribution >= 0.6 is 0 Å². The lowest BCUT2D eigenvalue weighted by Gasteiger charge is -2.24. The summed E-state index contributed by atoms with van der Waals surface area (Å²) in [5, 5.41) is 23.6. The van der Waals surface area contributed by atoms with Crippen molar-refractivity contribution in [2.24, 2.45) is 0 Å². The number of allylic oxidation sites excluding steroid dienone is 8. The fourth-order valence-electron chi connectivity index (χ4n) is 7.36. The number of unbranched alkanes of at least 4 members (excludes halogenated alkanes) is 24. The van der Waals surface area contributed by atoms with Gasteiger partial charge in [-0.2, -0.15) is 0 Å². The average molecular weight is 814 g/mol. The van der Waals surface area contributed by atoms with Crippen LogP contribution < -0.4 is 5.32 Å². The lowest BCUT2D eigenvalue weighted by atomic mass is 10.0. The molecule has 0 heterocycles. The number of ether oxygens (including phenoxy) is 1. The Morgan fingerprint density at radius 1 is 0.500 bits per heavy atom. The van der Waals surface area contributed by atoms with Gasteiger partial charge in [0.25, 0.3) is 0 Å². The number of aliphatic hydroxyl groups excluding tert-OH is 2. The van der Waals surface area contributed by atoms with E-state index < -0.39 is 18.2 Å². The van der Waals surface area contributed by atoms with E-state index in [-0.39, 0.29) is 24.9 Å². The highest BCUT2D eigenvalue weighted by molar-refractivity contribution is 5.77. The van der Waals surface area contributed by atoms with E-state index in [1.165, 1.54) is 128 Å². The molecule has 3 atom stereocenters. The predicted molar refractivity (Wildman–Crippen MR) is 250 cm³/mol. The van der Waals surface area contributed by atoms with Gasteiger partial charge in [-0.05, 0) is 64.2 Å². The van der Waals surface area contributed by atoms with Gasteiger partial charge in [0.05, 0.1) is 25.2 Å². The monoisotopic (exact) mass is 814 g/mol. The first-order chi connectivity index (χ1) is 28.5. The molecule has 0 aliphatic carbocycles. The Balaban J connectivity index is 4.69. The molecule has 3 unspecified atom stereocenters. The minimum Gasteiger partial charge on any atom is -0.462 e. The molecule has 0 radical (unpaired) electrons. The van der Waals surface area contributed by atoms with E-state index >= 15 is 0 Å². The van der Waals surface area contributed by atoms with Gasteiger partial charge in [0.2, 0.25) is 5.91 Å². The summed E-state index contributed by atoms with van der Waals surface area (Å²) in [6.45, 7) is 6.42. The number of nitrogens with one attached hydrogen (secondary N) is 1. The number of carbonyl (C=O) groups is 2. The first-order valence-electron chi connectivity index (χ1n) is 24.9. The number of hydrogen-bond donors (Lipinski definition) is 3. The zero-order valence-corrected chi connectivity index (χ0v) is 38.4. The molecule has 58 heavy (non-hydrogen) atoms. The Morgan fingerprint density at radius 2 is 0.897 bits per heavy atom. The second-order valence-corrected chi connectivity index (χ2v) is 16.9. The van der Waals surface area contributed by atoms with Gasteiger partial charge in [-0.25, -0.2) is 0 Å². The molecule has 6 heteroatoms. The van der Waals surface area contributed by atoms with Crippen molar-refractivity contribution in [1.82, 2.24) is 5.32 Å². The Kier molecular flexibility index (Phi) is 44.2. The molecule has 0 saturated heterocycles. The van der Waals surface area contributed by atoms with E-state index in [1.54, 1.807) is 0 Å². The van der Waals surface area contributed by atoms with E-state index in [4.69, 9.17) is 4.74 Å². The van der Waals surface area contributed by atoms with Gasteiger partial charge in [-0.3, -0.25) is 9.59 Å². The zero-order valence-electron chi connectivity index (χ0n) is 38.4. The number of amides is 1. The van der Waals surface area contributed by atoms with Crippen LogP contribution in [0.25, 0.3) is 0 Å². The molecular formula is C52H95NO5. The standard InChI is InChI=1S/C52H95NO5/c1-4-7-10-13-16-19-21-23-24-25-26-28-29-32-34-37-40-43-48(58-52(57)45-42-39-36-33-30-27-22-20-17-14-11-8-5-2)46-51(56)53-49(47-54)50(55)44-41-38-35-31-18-15-12-9-6-3/h16,19,23-24,26,28,32,34,48-50,54-55H,4-15,17-18,20-22,25,27,29-31,33,35-47H2,1-3H3,(H,53,56)/b19-16-,24-23-,28-26-,34-32-. The summed E-state index contributed by atoms with van der Waals surface area (Å²) in [4.78, 5) is 26.0. The normalized spacial score (nSPS) is 13.7. The van der Waals surface area contributed by atoms with Gasteiger partial charge in [-0.1, -0.05) is 217 Å². The van der Waals surface area contributed by atoms with Gasteiger partial charge in [0.1, 0.15) is 6.10 Å². The van der Waals surface area contributed by atoms with Crippen molar-refractivity contribution in [3.8, 4) is 0 Å². The first-order valence-corrected chi connectivity index (χ1v) is 24.9. The van der Waals surface area contributed by atoms with Crippen molar-refractivity contribution in [2.75, 3.05) is 6.61 Å². The van der Waals surface area contributed by atoms with Crippen LogP contribution in [0.15, 0.2) is 48.6 Å². The fourth-order valence-corrected chi connectivity index (χ4v) is 7.36. The van der Waals surface area contributed by atoms with E-state index in [0.29, 0.717) is 19.3 Å². The van der Waals surface area contributed by atoms with Crippen LogP contribution in [0.1, 0.15) is 245 Å². The third kappa shape index (κ3) is 40.6. The maximum Gasteiger partial charge on any atom is 0.306 e. The van der Waals surface area contributed by atoms with Crippen molar-refractivity contribution < 1.29 is 24.5 Å². The molecule has 1 amide bonds. The molecule has 0 fully saturated rings. The molecule has 0 bridgehead atoms. The minimum absolute atomic E-state index is 0.0419. The van der Waals surface area contributed by atoms with E-state index in [1.807, 2.05) is 0 Å². The maximum absolute atomic E-state index is 13.1. The Morgan fingerprint density at radius 3 is 1.36 bits per heavy atom. The average Bonchev–Trinajstić information content (AvgIpc) is 3.22. The number of rotatable bonds is 44. The highest BCUT2D eigenvalue weighted by Crippen LogP contribution is 2.17. The molecular weight excluding hydrogens is 719 g/mol. The predicted octanol–water partition coefficient (Wildman–Crippen LogP) is 14.7. The lowest BCUT2D eigenvalue weighted by Crippen LogP contribution is -2.46. The SMILES string of the molecule is CCCCC/C=C\C/C=C\C/C=C\C/C=C\CCCC(CC(=O)NC(CO)C(O)CCCCCCCCCCC)OC(=O)CCCCCCCCCCCCCCC. The second-order valence-electron chi connectivity index (χ2n) is 16.9. The largest absolute Gasteiger partial charge is 0.462 e. The van der Waals surface area contributed by atoms with Crippen molar-refractivity contribution in [2.45, 2.75) is 264 Å². The van der Waals surface area contributed by atoms with Crippen LogP contribution in [0.5, 0.6) is 0 Å². The molecule has 338 valence electrons. The van der Waals surface area contributed by atoms with Crippen LogP contribution in [-0.4, -0.2) is 46.9 Å². The zero-order chi connectivity index (χ0) is 42.4. The van der Waals surface area contributed by atoms with Crippen LogP contribution in [-0.2, 0) is 14.3 Å². The molecule has 0 aliphatic heterocycles. The highest BCUT2D eigenvalue weighted by atomic mass is 16.5. The summed E-state index contributed by atoms with van der Waals surface area (Å²) < 4.78 is 5.90. The lowest BCUT2D eigenvalue weighted by molar-refractivity contribution is -0.151. The molecule has 0 aromatic heterocycles. The third-order valence-electron chi connectivity index (χ3n) is 11.2. The molecule has 0 saturated carbocycles. The van der Waals surface area contributed by atoms with E-state index in [9.17, 15) is 19.8 Å². The van der Waals surface area contributed by atoms with Crippen LogP contribution in [0.2, 0.25) is 0 Å². The summed E-state index contributed by atoms with van der Waals surface area (Å²) in [7, 11) is 0. The third-order valence-corrected chi connectivity index (χ3v) is 11.2. The van der Waals surface area contributed by atoms with Crippen LogP contribution in [0, 0.1) is 0 Å². The number of aliphatic hydroxyl groups is 2. The van der Waals surface area contributed by atoms with Gasteiger partial charge in [-0.15, -0.1) is 0 Å². The summed E-state index contributed by atoms with van der Waals surface area (Å²) in [5.74, 6) is -0.524. The molecule has 0 spiro atoms. The van der Waals surface area contributed by atoms with Crippen molar-refractivity contribution in [1.29, 1.82) is 0 Å². The molecule has 0 aromatic carbocycles. The maximum atomic E-state index is 13.1. The number of hydrogen-bond acceptors (Lipinski definition) is 5. The first kappa shape index (κ1) is 55.8. The Hall–Kier alpha value is -2.18. The molecule has 6 nitrogen and oxygen atoms in total. The van der Waals surface area contributed by atoms with Gasteiger partial charge in [0, 0.05) is 6.42 Å². The van der Waals surface area contributed by atoms with E-state index in [2.05, 4.69) is 74.7 Å². The topological polar surface area (TPSA) is 95.9 Å². The summed E-state index contributed by atoms with van der Waals surface area (Å²) in [5.41, 5.74) is 0. The smallest absolute Gasteiger partial charge is 0.306 e. The quantitative estimate of drug-likeness (QED) is 0.0323. The Bertz CT molecular complexity index is 1000. The number of carbonyl (C=O) groups excluding carboxylic acids is 2. The summed E-state index contributed by atoms with van der Waals surface area (Å²) in [6, 6.07) is -0.715. The van der Waals surface area contributed by atoms with Gasteiger partial charge >= 0.3 is 5.97 Å². The van der Waals surface area contributed by atoms with Crippen molar-refractivity contribution in [3.05, 3.63) is 48.6 Å². The van der Waals surface area contributed by atoms with E-state index in [0.717, 1.165) is 70.6 Å². The van der Waals surface area contributed by atoms with Crippen LogP contribution in [0.3, 0.4) is 0 Å². The van der Waals surface area contributed by atoms with Crippen molar-refractivity contribution >= 4 is 11.9 Å². The molecule has 0 aliphatic rings. The highest BCUT2D eigenvalue weighted by Gasteiger charge is 2.24. The Labute approximate surface area is 359 Å². The number of esters is 1. The fraction of sp³-hybridized carbons (Fsp3) is 0.808. The second kappa shape index (κ2) is 45.9. The molecule has 0 rings (SSSR count). The van der Waals surface area contributed by atoms with Crippen molar-refractivity contribution in [3.63, 3.8) is 0 Å². The molecule has 3 N–H and O–H groups in total. The summed E-state index contributed by atoms with van der Waals surface area (Å²) >= 11 is 0.